The third-order valence-electron chi connectivity index (χ3n) is 6.13. The maximum atomic E-state index is 12.4. The van der Waals surface area contributed by atoms with E-state index in [4.69, 9.17) is 4.43 Å². The lowest BCUT2D eigenvalue weighted by Gasteiger charge is -2.45. The van der Waals surface area contributed by atoms with Gasteiger partial charge in [0.25, 0.3) is 8.32 Å². The standard InChI is InChI=1S/C24H32O2Si/c1-18-16-17-22(23(18)19(2)25)26-27(24(3,4)5,20-12-8-6-9-13-20)21-14-10-7-11-15-21/h6-15,18,22-23H,16-17H2,1-5H3/t18?,22-,23?/m1/s1. The SMILES string of the molecule is CC(=O)C1C(C)CC[C@H]1O[Si](c1ccccc1)(c1ccccc1)C(C)(C)C. The van der Waals surface area contributed by atoms with E-state index < -0.39 is 8.32 Å². The summed E-state index contributed by atoms with van der Waals surface area (Å²) < 4.78 is 7.20. The minimum Gasteiger partial charge on any atom is -0.404 e. The molecule has 0 spiro atoms. The van der Waals surface area contributed by atoms with Crippen molar-refractivity contribution >= 4 is 24.5 Å². The van der Waals surface area contributed by atoms with Gasteiger partial charge in [-0.1, -0.05) is 88.4 Å². The van der Waals surface area contributed by atoms with E-state index >= 15 is 0 Å². The Bertz CT molecular complexity index is 724. The van der Waals surface area contributed by atoms with Crippen molar-refractivity contribution in [2.45, 2.75) is 58.6 Å². The van der Waals surface area contributed by atoms with Gasteiger partial charge in [0.15, 0.2) is 0 Å². The number of hydrogen-bond acceptors (Lipinski definition) is 2. The fraction of sp³-hybridized carbons (Fsp3) is 0.458. The highest BCUT2D eigenvalue weighted by Gasteiger charge is 2.53. The Hall–Kier alpha value is -1.71. The number of hydrogen-bond donors (Lipinski definition) is 0. The second-order valence-electron chi connectivity index (χ2n) is 9.01. The Morgan fingerprint density at radius 2 is 1.41 bits per heavy atom. The fourth-order valence-corrected chi connectivity index (χ4v) is 9.60. The molecule has 0 radical (unpaired) electrons. The van der Waals surface area contributed by atoms with Crippen molar-refractivity contribution in [2.75, 3.05) is 0 Å². The second kappa shape index (κ2) is 7.73. The Labute approximate surface area is 165 Å². The lowest BCUT2D eigenvalue weighted by atomic mass is 9.93. The van der Waals surface area contributed by atoms with E-state index in [1.165, 1.54) is 10.4 Å². The molecule has 0 N–H and O–H groups in total. The van der Waals surface area contributed by atoms with Gasteiger partial charge in [0.2, 0.25) is 0 Å². The number of rotatable bonds is 5. The van der Waals surface area contributed by atoms with Crippen LogP contribution >= 0.6 is 0 Å². The Morgan fingerprint density at radius 3 is 1.81 bits per heavy atom. The zero-order valence-electron chi connectivity index (χ0n) is 17.2. The smallest absolute Gasteiger partial charge is 0.261 e. The van der Waals surface area contributed by atoms with Gasteiger partial charge in [0.05, 0.1) is 6.10 Å². The van der Waals surface area contributed by atoms with Crippen LogP contribution in [-0.4, -0.2) is 20.2 Å². The average molecular weight is 381 g/mol. The van der Waals surface area contributed by atoms with Gasteiger partial charge in [-0.3, -0.25) is 4.79 Å². The van der Waals surface area contributed by atoms with E-state index in [-0.39, 0.29) is 22.8 Å². The van der Waals surface area contributed by atoms with E-state index in [9.17, 15) is 4.79 Å². The van der Waals surface area contributed by atoms with Gasteiger partial charge in [0.1, 0.15) is 5.78 Å². The summed E-state index contributed by atoms with van der Waals surface area (Å²) in [6, 6.07) is 21.4. The molecule has 1 aliphatic carbocycles. The maximum absolute atomic E-state index is 12.4. The molecule has 0 amide bonds. The normalized spacial score (nSPS) is 23.4. The number of carbonyl (C=O) groups excluding carboxylic acids is 1. The summed E-state index contributed by atoms with van der Waals surface area (Å²) >= 11 is 0. The van der Waals surface area contributed by atoms with Gasteiger partial charge in [-0.25, -0.2) is 0 Å². The molecule has 1 saturated carbocycles. The first-order valence-corrected chi connectivity index (χ1v) is 12.0. The number of Topliss-reactive ketones (excluding diaryl/α,β-unsaturated/α-hetero) is 1. The Balaban J connectivity index is 2.17. The van der Waals surface area contributed by atoms with Crippen LogP contribution in [0.15, 0.2) is 60.7 Å². The van der Waals surface area contributed by atoms with Crippen LogP contribution < -0.4 is 10.4 Å². The Kier molecular flexibility index (Phi) is 5.73. The van der Waals surface area contributed by atoms with Crippen molar-refractivity contribution < 1.29 is 9.22 Å². The van der Waals surface area contributed by atoms with Crippen molar-refractivity contribution in [3.05, 3.63) is 60.7 Å². The topological polar surface area (TPSA) is 26.3 Å². The first kappa shape index (κ1) is 20.0. The van der Waals surface area contributed by atoms with E-state index in [1.807, 2.05) is 0 Å². The summed E-state index contributed by atoms with van der Waals surface area (Å²) in [6.07, 6.45) is 2.03. The van der Waals surface area contributed by atoms with Gasteiger partial charge >= 0.3 is 0 Å². The zero-order chi connectivity index (χ0) is 19.7. The molecule has 0 heterocycles. The van der Waals surface area contributed by atoms with Crippen molar-refractivity contribution in [1.29, 1.82) is 0 Å². The molecular weight excluding hydrogens is 348 g/mol. The van der Waals surface area contributed by atoms with E-state index in [0.717, 1.165) is 12.8 Å². The van der Waals surface area contributed by atoms with Crippen LogP contribution in [0.25, 0.3) is 0 Å². The van der Waals surface area contributed by atoms with Crippen LogP contribution in [0.3, 0.4) is 0 Å². The molecule has 0 saturated heterocycles. The Morgan fingerprint density at radius 1 is 0.926 bits per heavy atom. The number of benzene rings is 2. The second-order valence-corrected chi connectivity index (χ2v) is 13.3. The molecule has 1 aliphatic rings. The molecule has 3 heteroatoms. The van der Waals surface area contributed by atoms with Gasteiger partial charge in [-0.05, 0) is 41.1 Å². The molecule has 144 valence electrons. The predicted octanol–water partition coefficient (Wildman–Crippen LogP) is 4.57. The highest BCUT2D eigenvalue weighted by molar-refractivity contribution is 6.99. The lowest BCUT2D eigenvalue weighted by molar-refractivity contribution is -0.124. The van der Waals surface area contributed by atoms with Crippen molar-refractivity contribution in [3.8, 4) is 0 Å². The van der Waals surface area contributed by atoms with Crippen LogP contribution in [0.1, 0.15) is 47.5 Å². The van der Waals surface area contributed by atoms with Crippen molar-refractivity contribution in [3.63, 3.8) is 0 Å². The molecule has 2 aromatic carbocycles. The highest BCUT2D eigenvalue weighted by Crippen LogP contribution is 2.42. The molecule has 3 atom stereocenters. The van der Waals surface area contributed by atoms with Crippen molar-refractivity contribution in [2.24, 2.45) is 11.8 Å². The molecule has 0 bridgehead atoms. The summed E-state index contributed by atoms with van der Waals surface area (Å²) in [7, 11) is -2.58. The van der Waals surface area contributed by atoms with E-state index in [2.05, 4.69) is 88.4 Å². The molecule has 3 rings (SSSR count). The minimum absolute atomic E-state index is 0.00352. The summed E-state index contributed by atoms with van der Waals surface area (Å²) in [6.45, 7) is 10.8. The summed E-state index contributed by atoms with van der Waals surface area (Å²) in [5.74, 6) is 0.667. The van der Waals surface area contributed by atoms with Gasteiger partial charge in [0, 0.05) is 5.92 Å². The van der Waals surface area contributed by atoms with Gasteiger partial charge < -0.3 is 4.43 Å². The summed E-state index contributed by atoms with van der Waals surface area (Å²) in [5.41, 5.74) is 0. The van der Waals surface area contributed by atoms with E-state index in [0.29, 0.717) is 5.92 Å². The van der Waals surface area contributed by atoms with Crippen LogP contribution in [0.2, 0.25) is 5.04 Å². The average Bonchev–Trinajstić information content (AvgIpc) is 3.00. The summed E-state index contributed by atoms with van der Waals surface area (Å²) in [5, 5.41) is 2.51. The fourth-order valence-electron chi connectivity index (χ4n) is 4.87. The molecule has 2 nitrogen and oxygen atoms in total. The zero-order valence-corrected chi connectivity index (χ0v) is 18.2. The van der Waals surface area contributed by atoms with Gasteiger partial charge in [-0.2, -0.15) is 0 Å². The van der Waals surface area contributed by atoms with Crippen LogP contribution in [-0.2, 0) is 9.22 Å². The monoisotopic (exact) mass is 380 g/mol. The van der Waals surface area contributed by atoms with Crippen LogP contribution in [0.5, 0.6) is 0 Å². The number of carbonyl (C=O) groups is 1. The largest absolute Gasteiger partial charge is 0.404 e. The summed E-state index contributed by atoms with van der Waals surface area (Å²) in [4.78, 5) is 12.4. The van der Waals surface area contributed by atoms with Crippen LogP contribution in [0.4, 0.5) is 0 Å². The lowest BCUT2D eigenvalue weighted by Crippen LogP contribution is -2.68. The minimum atomic E-state index is -2.58. The first-order chi connectivity index (χ1) is 12.8. The molecular formula is C24H32O2Si. The van der Waals surface area contributed by atoms with Crippen LogP contribution in [0, 0.1) is 11.8 Å². The quantitative estimate of drug-likeness (QED) is 0.711. The first-order valence-electron chi connectivity index (χ1n) is 10.1. The van der Waals surface area contributed by atoms with Crippen molar-refractivity contribution in [1.82, 2.24) is 0 Å². The van der Waals surface area contributed by atoms with E-state index in [1.54, 1.807) is 6.92 Å². The molecule has 1 fully saturated rings. The highest BCUT2D eigenvalue weighted by atomic mass is 28.4. The molecule has 2 aromatic rings. The molecule has 2 unspecified atom stereocenters. The third-order valence-corrected chi connectivity index (χ3v) is 11.2. The van der Waals surface area contributed by atoms with Gasteiger partial charge in [-0.15, -0.1) is 0 Å². The third kappa shape index (κ3) is 3.68. The predicted molar refractivity (Wildman–Crippen MR) is 115 cm³/mol. The molecule has 27 heavy (non-hydrogen) atoms. The number of ketones is 1. The molecule has 0 aliphatic heterocycles. The maximum Gasteiger partial charge on any atom is 0.261 e. The molecule has 0 aromatic heterocycles.